The molecule has 0 atom stereocenters. The van der Waals surface area contributed by atoms with Crippen LogP contribution in [0.3, 0.4) is 0 Å². The molecule has 0 radical (unpaired) electrons. The highest BCUT2D eigenvalue weighted by atomic mass is 16.1. The van der Waals surface area contributed by atoms with E-state index in [2.05, 4.69) is 16.8 Å². The van der Waals surface area contributed by atoms with E-state index in [0.717, 1.165) is 29.1 Å². The largest absolute Gasteiger partial charge is 0.343 e. The topological polar surface area (TPSA) is 39.3 Å². The smallest absolute Gasteiger partial charge is 0.181 e. The zero-order chi connectivity index (χ0) is 13.5. The summed E-state index contributed by atoms with van der Waals surface area (Å²) in [7, 11) is 0. The zero-order valence-corrected chi connectivity index (χ0v) is 10.7. The molecule has 0 aromatic carbocycles. The van der Waals surface area contributed by atoms with Crippen LogP contribution in [0.4, 0.5) is 0 Å². The van der Waals surface area contributed by atoms with Crippen LogP contribution in [0.15, 0.2) is 42.9 Å². The lowest BCUT2D eigenvalue weighted by Gasteiger charge is -1.89. The number of ketones is 1. The third-order valence-electron chi connectivity index (χ3n) is 3.46. The van der Waals surface area contributed by atoms with Gasteiger partial charge in [-0.2, -0.15) is 0 Å². The van der Waals surface area contributed by atoms with Gasteiger partial charge in [0.15, 0.2) is 5.78 Å². The van der Waals surface area contributed by atoms with Crippen LogP contribution >= 0.6 is 0 Å². The fourth-order valence-corrected chi connectivity index (χ4v) is 2.48. The fourth-order valence-electron chi connectivity index (χ4n) is 2.48. The fraction of sp³-hybridized carbons (Fsp3) is 0.125. The van der Waals surface area contributed by atoms with E-state index in [-0.39, 0.29) is 5.78 Å². The van der Waals surface area contributed by atoms with Crippen LogP contribution in [0.2, 0.25) is 0 Å². The first kappa shape index (κ1) is 11.1. The Kier molecular flexibility index (Phi) is 2.27. The first-order valence-electron chi connectivity index (χ1n) is 6.49. The standard InChI is InChI=1S/C16H11N3O/c20-15-6-8-18-10-12(9-14(15)18)4-5-13-11-19-7-2-1-3-16(19)17-13/h1-3,7,9-11H,6,8H2. The molecule has 4 heteroatoms. The molecule has 4 heterocycles. The van der Waals surface area contributed by atoms with E-state index in [0.29, 0.717) is 6.42 Å². The van der Waals surface area contributed by atoms with Crippen molar-refractivity contribution < 1.29 is 4.79 Å². The maximum atomic E-state index is 11.6. The van der Waals surface area contributed by atoms with Crippen LogP contribution in [-0.2, 0) is 6.54 Å². The van der Waals surface area contributed by atoms with Gasteiger partial charge < -0.3 is 8.97 Å². The van der Waals surface area contributed by atoms with Gasteiger partial charge in [0, 0.05) is 37.1 Å². The molecule has 0 saturated carbocycles. The lowest BCUT2D eigenvalue weighted by molar-refractivity contribution is 0.0994. The molecule has 1 aliphatic heterocycles. The lowest BCUT2D eigenvalue weighted by Crippen LogP contribution is -1.89. The Morgan fingerprint density at radius 2 is 2.15 bits per heavy atom. The Hall–Kier alpha value is -2.80. The summed E-state index contributed by atoms with van der Waals surface area (Å²) in [6.45, 7) is 0.768. The van der Waals surface area contributed by atoms with Crippen molar-refractivity contribution in [1.82, 2.24) is 14.0 Å². The molecule has 20 heavy (non-hydrogen) atoms. The molecular formula is C16H11N3O. The Bertz CT molecular complexity index is 856. The minimum atomic E-state index is 0.200. The molecule has 0 saturated heterocycles. The first-order chi connectivity index (χ1) is 9.79. The summed E-state index contributed by atoms with van der Waals surface area (Å²) in [5, 5.41) is 0. The molecule has 0 aliphatic carbocycles. The van der Waals surface area contributed by atoms with E-state index < -0.39 is 0 Å². The maximum absolute atomic E-state index is 11.6. The second kappa shape index (κ2) is 4.10. The minimum absolute atomic E-state index is 0.200. The summed E-state index contributed by atoms with van der Waals surface area (Å²) in [6, 6.07) is 7.70. The van der Waals surface area contributed by atoms with Gasteiger partial charge in [-0.05, 0) is 24.1 Å². The molecule has 1 aliphatic rings. The van der Waals surface area contributed by atoms with E-state index in [1.165, 1.54) is 0 Å². The predicted molar refractivity (Wildman–Crippen MR) is 74.6 cm³/mol. The van der Waals surface area contributed by atoms with Crippen molar-refractivity contribution in [2.45, 2.75) is 13.0 Å². The van der Waals surface area contributed by atoms with Crippen LogP contribution in [-0.4, -0.2) is 19.7 Å². The van der Waals surface area contributed by atoms with Crippen molar-refractivity contribution >= 4 is 11.4 Å². The van der Waals surface area contributed by atoms with Crippen LogP contribution in [0.1, 0.15) is 28.2 Å². The number of hydrogen-bond donors (Lipinski definition) is 0. The maximum Gasteiger partial charge on any atom is 0.181 e. The molecule has 0 bridgehead atoms. The van der Waals surface area contributed by atoms with E-state index in [1.807, 2.05) is 51.8 Å². The number of pyridine rings is 1. The number of Topliss-reactive ketones (excluding diaryl/α,β-unsaturated/α-hetero) is 1. The third-order valence-corrected chi connectivity index (χ3v) is 3.46. The Morgan fingerprint density at radius 1 is 1.20 bits per heavy atom. The number of aromatic nitrogens is 3. The summed E-state index contributed by atoms with van der Waals surface area (Å²) in [5.74, 6) is 6.32. The van der Waals surface area contributed by atoms with Crippen molar-refractivity contribution in [3.8, 4) is 11.8 Å². The van der Waals surface area contributed by atoms with E-state index in [1.54, 1.807) is 0 Å². The van der Waals surface area contributed by atoms with Crippen molar-refractivity contribution in [1.29, 1.82) is 0 Å². The van der Waals surface area contributed by atoms with Gasteiger partial charge in [0.25, 0.3) is 0 Å². The Morgan fingerprint density at radius 3 is 3.00 bits per heavy atom. The highest BCUT2D eigenvalue weighted by molar-refractivity contribution is 5.96. The monoisotopic (exact) mass is 261 g/mol. The van der Waals surface area contributed by atoms with Crippen molar-refractivity contribution in [2.75, 3.05) is 0 Å². The Labute approximate surface area is 115 Å². The SMILES string of the molecule is O=C1CCn2cc(C#Cc3cn4ccccc4n3)cc21. The van der Waals surface area contributed by atoms with Gasteiger partial charge >= 0.3 is 0 Å². The number of rotatable bonds is 0. The van der Waals surface area contributed by atoms with Crippen LogP contribution in [0, 0.1) is 11.8 Å². The number of carbonyl (C=O) groups is 1. The molecule has 3 aromatic rings. The predicted octanol–water partition coefficient (Wildman–Crippen LogP) is 2.12. The summed E-state index contributed by atoms with van der Waals surface area (Å²) in [4.78, 5) is 16.0. The second-order valence-corrected chi connectivity index (χ2v) is 4.82. The van der Waals surface area contributed by atoms with Crippen molar-refractivity contribution in [3.63, 3.8) is 0 Å². The van der Waals surface area contributed by atoms with Gasteiger partial charge in [0.2, 0.25) is 0 Å². The molecule has 0 fully saturated rings. The molecule has 0 N–H and O–H groups in total. The minimum Gasteiger partial charge on any atom is -0.343 e. The highest BCUT2D eigenvalue weighted by Crippen LogP contribution is 2.17. The normalized spacial score (nSPS) is 13.3. The van der Waals surface area contributed by atoms with Crippen LogP contribution in [0.5, 0.6) is 0 Å². The zero-order valence-electron chi connectivity index (χ0n) is 10.7. The number of fused-ring (bicyclic) bond motifs is 2. The number of nitrogens with zero attached hydrogens (tertiary/aromatic N) is 3. The summed E-state index contributed by atoms with van der Waals surface area (Å²) >= 11 is 0. The van der Waals surface area contributed by atoms with Gasteiger partial charge in [0.05, 0.1) is 5.69 Å². The third kappa shape index (κ3) is 1.72. The van der Waals surface area contributed by atoms with Gasteiger partial charge in [0.1, 0.15) is 11.3 Å². The molecule has 96 valence electrons. The molecule has 0 amide bonds. The van der Waals surface area contributed by atoms with E-state index in [4.69, 9.17) is 0 Å². The molecule has 0 spiro atoms. The van der Waals surface area contributed by atoms with Crippen molar-refractivity contribution in [2.24, 2.45) is 0 Å². The molecule has 4 nitrogen and oxygen atoms in total. The molecule has 3 aromatic heterocycles. The summed E-state index contributed by atoms with van der Waals surface area (Å²) in [6.07, 6.45) is 6.38. The van der Waals surface area contributed by atoms with E-state index >= 15 is 0 Å². The van der Waals surface area contributed by atoms with Gasteiger partial charge in [-0.15, -0.1) is 0 Å². The van der Waals surface area contributed by atoms with E-state index in [9.17, 15) is 4.79 Å². The Balaban J connectivity index is 1.69. The van der Waals surface area contributed by atoms with Gasteiger partial charge in [-0.3, -0.25) is 4.79 Å². The highest BCUT2D eigenvalue weighted by Gasteiger charge is 2.19. The molecular weight excluding hydrogens is 250 g/mol. The molecule has 0 unspecified atom stereocenters. The quantitative estimate of drug-likeness (QED) is 0.581. The average molecular weight is 261 g/mol. The number of carbonyl (C=O) groups excluding carboxylic acids is 1. The van der Waals surface area contributed by atoms with Gasteiger partial charge in [-0.25, -0.2) is 4.98 Å². The van der Waals surface area contributed by atoms with Crippen molar-refractivity contribution in [3.05, 3.63) is 59.8 Å². The number of imidazole rings is 1. The first-order valence-corrected chi connectivity index (χ1v) is 6.49. The molecule has 4 rings (SSSR count). The summed E-state index contributed by atoms with van der Waals surface area (Å²) in [5.41, 5.74) is 3.25. The summed E-state index contributed by atoms with van der Waals surface area (Å²) < 4.78 is 3.91. The van der Waals surface area contributed by atoms with Crippen LogP contribution < -0.4 is 0 Å². The van der Waals surface area contributed by atoms with Crippen LogP contribution in [0.25, 0.3) is 5.65 Å². The average Bonchev–Trinajstić information content (AvgIpc) is 3.12. The number of aryl methyl sites for hydroxylation is 1. The number of hydrogen-bond acceptors (Lipinski definition) is 2. The van der Waals surface area contributed by atoms with Gasteiger partial charge in [-0.1, -0.05) is 12.0 Å². The lowest BCUT2D eigenvalue weighted by atomic mass is 10.2. The second-order valence-electron chi connectivity index (χ2n) is 4.82.